The molecule has 1 aliphatic rings. The number of aromatic amines is 1. The van der Waals surface area contributed by atoms with Gasteiger partial charge in [0.1, 0.15) is 5.82 Å². The Hall–Kier alpha value is -2.75. The van der Waals surface area contributed by atoms with E-state index in [9.17, 15) is 9.60 Å². The van der Waals surface area contributed by atoms with Gasteiger partial charge < -0.3 is 10.3 Å². The molecular formula is C21H25ClFN7O. The smallest absolute Gasteiger partial charge is 0.202 e. The fraction of sp³-hybridized carbons (Fsp3) is 0.381. The SMILES string of the molecule is CC(C)N(CCNc1nc2nccc(C(=Nc3ccc(F)c(Cl)c3)NO)c2[nH]1)C1CC1. The van der Waals surface area contributed by atoms with Gasteiger partial charge >= 0.3 is 0 Å². The molecule has 0 unspecified atom stereocenters. The third-order valence-electron chi connectivity index (χ3n) is 5.24. The van der Waals surface area contributed by atoms with Crippen LogP contribution in [0.4, 0.5) is 16.0 Å². The molecule has 31 heavy (non-hydrogen) atoms. The Morgan fingerprint density at radius 3 is 2.87 bits per heavy atom. The summed E-state index contributed by atoms with van der Waals surface area (Å²) < 4.78 is 13.4. The molecule has 1 aliphatic carbocycles. The topological polar surface area (TPSA) is 101 Å². The molecule has 1 fully saturated rings. The van der Waals surface area contributed by atoms with Gasteiger partial charge in [0.2, 0.25) is 5.95 Å². The number of amidine groups is 1. The van der Waals surface area contributed by atoms with Gasteiger partial charge in [-0.3, -0.25) is 15.6 Å². The van der Waals surface area contributed by atoms with E-state index in [-0.39, 0.29) is 10.9 Å². The molecule has 0 bridgehead atoms. The van der Waals surface area contributed by atoms with Crippen LogP contribution >= 0.6 is 11.6 Å². The molecule has 164 valence electrons. The average Bonchev–Trinajstić information content (AvgIpc) is 3.49. The van der Waals surface area contributed by atoms with Gasteiger partial charge in [0.05, 0.1) is 16.2 Å². The molecule has 0 amide bonds. The second-order valence-electron chi connectivity index (χ2n) is 7.80. The monoisotopic (exact) mass is 445 g/mol. The molecule has 2 aromatic heterocycles. The standard InChI is InChI=1S/C21H25ClFN7O/c1-12(2)30(14-4-5-14)10-9-25-21-27-18-15(7-8-24-20(18)28-21)19(29-31)26-13-3-6-17(23)16(22)11-13/h3,6-8,11-12,14,31H,4-5,9-10H2,1-2H3,(H,26,29)(H2,24,25,27,28). The van der Waals surface area contributed by atoms with Crippen LogP contribution in [0.15, 0.2) is 35.5 Å². The number of hydrogen-bond donors (Lipinski definition) is 4. The molecule has 0 spiro atoms. The van der Waals surface area contributed by atoms with Gasteiger partial charge in [-0.25, -0.2) is 14.4 Å². The summed E-state index contributed by atoms with van der Waals surface area (Å²) in [4.78, 5) is 18.8. The van der Waals surface area contributed by atoms with Crippen LogP contribution in [0.1, 0.15) is 32.3 Å². The van der Waals surface area contributed by atoms with Gasteiger partial charge in [-0.15, -0.1) is 0 Å². The molecule has 10 heteroatoms. The van der Waals surface area contributed by atoms with Crippen molar-refractivity contribution >= 4 is 40.2 Å². The largest absolute Gasteiger partial charge is 0.354 e. The van der Waals surface area contributed by atoms with Crippen LogP contribution in [0.25, 0.3) is 11.2 Å². The lowest BCUT2D eigenvalue weighted by Crippen LogP contribution is -2.36. The minimum atomic E-state index is -0.535. The maximum absolute atomic E-state index is 13.4. The first-order valence-corrected chi connectivity index (χ1v) is 10.6. The Kier molecular flexibility index (Phi) is 6.35. The van der Waals surface area contributed by atoms with Crippen LogP contribution in [0.5, 0.6) is 0 Å². The van der Waals surface area contributed by atoms with E-state index in [1.165, 1.54) is 31.0 Å². The molecule has 0 saturated heterocycles. The maximum atomic E-state index is 13.4. The highest BCUT2D eigenvalue weighted by Gasteiger charge is 2.30. The average molecular weight is 446 g/mol. The van der Waals surface area contributed by atoms with Crippen molar-refractivity contribution < 1.29 is 9.60 Å². The van der Waals surface area contributed by atoms with Crippen LogP contribution in [-0.2, 0) is 0 Å². The quantitative estimate of drug-likeness (QED) is 0.236. The van der Waals surface area contributed by atoms with Crippen molar-refractivity contribution in [1.29, 1.82) is 0 Å². The summed E-state index contributed by atoms with van der Waals surface area (Å²) in [5, 5.41) is 13.0. The summed E-state index contributed by atoms with van der Waals surface area (Å²) in [6.07, 6.45) is 4.12. The van der Waals surface area contributed by atoms with Crippen molar-refractivity contribution in [2.24, 2.45) is 4.99 Å². The summed E-state index contributed by atoms with van der Waals surface area (Å²) in [6.45, 7) is 6.10. The number of rotatable bonds is 8. The molecule has 1 saturated carbocycles. The lowest BCUT2D eigenvalue weighted by molar-refractivity contribution is 0.220. The minimum absolute atomic E-state index is 0.0481. The molecule has 1 aromatic carbocycles. The van der Waals surface area contributed by atoms with Crippen LogP contribution < -0.4 is 10.8 Å². The summed E-state index contributed by atoms with van der Waals surface area (Å²) in [7, 11) is 0. The maximum Gasteiger partial charge on any atom is 0.202 e. The van der Waals surface area contributed by atoms with Gasteiger partial charge in [-0.2, -0.15) is 4.98 Å². The second kappa shape index (κ2) is 9.17. The van der Waals surface area contributed by atoms with Crippen molar-refractivity contribution in [2.75, 3.05) is 18.4 Å². The van der Waals surface area contributed by atoms with Gasteiger partial charge in [0.15, 0.2) is 11.5 Å². The van der Waals surface area contributed by atoms with E-state index in [4.69, 9.17) is 11.6 Å². The summed E-state index contributed by atoms with van der Waals surface area (Å²) in [6, 6.07) is 6.97. The van der Waals surface area contributed by atoms with Crippen molar-refractivity contribution in [2.45, 2.75) is 38.8 Å². The van der Waals surface area contributed by atoms with Crippen LogP contribution in [0.2, 0.25) is 5.02 Å². The fourth-order valence-corrected chi connectivity index (χ4v) is 3.77. The van der Waals surface area contributed by atoms with Crippen molar-refractivity contribution in [1.82, 2.24) is 25.3 Å². The lowest BCUT2D eigenvalue weighted by atomic mass is 10.2. The summed E-state index contributed by atoms with van der Waals surface area (Å²) in [5.41, 5.74) is 4.16. The molecule has 2 heterocycles. The number of nitrogens with one attached hydrogen (secondary N) is 3. The third kappa shape index (κ3) is 4.95. The Balaban J connectivity index is 1.55. The van der Waals surface area contributed by atoms with Crippen LogP contribution in [-0.4, -0.2) is 56.1 Å². The number of halogens is 2. The Morgan fingerprint density at radius 2 is 2.19 bits per heavy atom. The lowest BCUT2D eigenvalue weighted by Gasteiger charge is -2.26. The zero-order valence-corrected chi connectivity index (χ0v) is 18.1. The minimum Gasteiger partial charge on any atom is -0.354 e. The van der Waals surface area contributed by atoms with Crippen molar-refractivity contribution in [3.63, 3.8) is 0 Å². The Morgan fingerprint density at radius 1 is 1.39 bits per heavy atom. The number of nitrogens with zero attached hydrogens (tertiary/aromatic N) is 4. The number of aromatic nitrogens is 3. The number of anilines is 1. The fourth-order valence-electron chi connectivity index (χ4n) is 3.59. The number of imidazole rings is 1. The van der Waals surface area contributed by atoms with Crippen molar-refractivity contribution in [3.05, 3.63) is 46.9 Å². The van der Waals surface area contributed by atoms with Gasteiger partial charge in [0.25, 0.3) is 0 Å². The molecule has 0 atom stereocenters. The second-order valence-corrected chi connectivity index (χ2v) is 8.21. The van der Waals surface area contributed by atoms with E-state index in [1.54, 1.807) is 12.3 Å². The highest BCUT2D eigenvalue weighted by Crippen LogP contribution is 2.28. The third-order valence-corrected chi connectivity index (χ3v) is 5.53. The zero-order chi connectivity index (χ0) is 22.0. The molecule has 0 radical (unpaired) electrons. The number of aliphatic imine (C=N–C) groups is 1. The van der Waals surface area contributed by atoms with Crippen LogP contribution in [0.3, 0.4) is 0 Å². The van der Waals surface area contributed by atoms with Crippen LogP contribution in [0, 0.1) is 5.82 Å². The number of benzene rings is 1. The van der Waals surface area contributed by atoms with E-state index in [0.717, 1.165) is 13.1 Å². The number of hydrogen-bond acceptors (Lipinski definition) is 6. The van der Waals surface area contributed by atoms with E-state index in [0.29, 0.717) is 40.4 Å². The first-order chi connectivity index (χ1) is 15.0. The van der Waals surface area contributed by atoms with Gasteiger partial charge in [-0.05, 0) is 51.0 Å². The van der Waals surface area contributed by atoms with Gasteiger partial charge in [-0.1, -0.05) is 11.6 Å². The molecule has 0 aliphatic heterocycles. The van der Waals surface area contributed by atoms with Gasteiger partial charge in [0, 0.05) is 36.9 Å². The predicted octanol–water partition coefficient (Wildman–Crippen LogP) is 4.09. The molecule has 4 N–H and O–H groups in total. The number of fused-ring (bicyclic) bond motifs is 1. The number of hydroxylamine groups is 1. The van der Waals surface area contributed by atoms with E-state index in [2.05, 4.69) is 49.5 Å². The first kappa shape index (κ1) is 21.5. The molecule has 4 rings (SSSR count). The predicted molar refractivity (Wildman–Crippen MR) is 120 cm³/mol. The molecule has 8 nitrogen and oxygen atoms in total. The Labute approximate surface area is 184 Å². The summed E-state index contributed by atoms with van der Waals surface area (Å²) >= 11 is 5.83. The Bertz CT molecular complexity index is 1090. The number of pyridine rings is 1. The summed E-state index contributed by atoms with van der Waals surface area (Å²) in [5.74, 6) is 0.217. The highest BCUT2D eigenvalue weighted by atomic mass is 35.5. The zero-order valence-electron chi connectivity index (χ0n) is 17.4. The van der Waals surface area contributed by atoms with E-state index < -0.39 is 5.82 Å². The number of H-pyrrole nitrogens is 1. The highest BCUT2D eigenvalue weighted by molar-refractivity contribution is 6.31. The first-order valence-electron chi connectivity index (χ1n) is 10.2. The molecular weight excluding hydrogens is 421 g/mol. The molecule has 3 aromatic rings. The van der Waals surface area contributed by atoms with E-state index in [1.807, 2.05) is 0 Å². The van der Waals surface area contributed by atoms with E-state index >= 15 is 0 Å². The van der Waals surface area contributed by atoms with Crippen molar-refractivity contribution in [3.8, 4) is 0 Å². The normalized spacial score (nSPS) is 14.6.